The molecule has 3 rings (SSSR count). The fraction of sp³-hybridized carbons (Fsp3) is 0.500. The van der Waals surface area contributed by atoms with Crippen LogP contribution in [0.4, 0.5) is 0 Å². The first-order chi connectivity index (χ1) is 13.6. The van der Waals surface area contributed by atoms with E-state index < -0.39 is 0 Å². The highest BCUT2D eigenvalue weighted by atomic mass is 16.5. The van der Waals surface area contributed by atoms with Gasteiger partial charge in [0.05, 0.1) is 6.61 Å². The Morgan fingerprint density at radius 2 is 1.61 bits per heavy atom. The minimum atomic E-state index is 0.171. The smallest absolute Gasteiger partial charge is 0.226 e. The average Bonchev–Trinajstić information content (AvgIpc) is 2.73. The Kier molecular flexibility index (Phi) is 7.46. The Labute approximate surface area is 168 Å². The van der Waals surface area contributed by atoms with Crippen molar-refractivity contribution in [1.82, 2.24) is 9.88 Å². The van der Waals surface area contributed by atoms with Crippen LogP contribution in [0.5, 0.6) is 5.75 Å². The van der Waals surface area contributed by atoms with Crippen molar-refractivity contribution in [3.8, 4) is 5.75 Å². The highest BCUT2D eigenvalue weighted by Crippen LogP contribution is 2.27. The third kappa shape index (κ3) is 6.08. The van der Waals surface area contributed by atoms with Crippen LogP contribution in [0, 0.1) is 11.8 Å². The monoisotopic (exact) mass is 380 g/mol. The number of pyridine rings is 1. The number of hydrogen-bond donors (Lipinski definition) is 0. The molecular weight excluding hydrogens is 348 g/mol. The van der Waals surface area contributed by atoms with E-state index in [-0.39, 0.29) is 11.8 Å². The van der Waals surface area contributed by atoms with E-state index in [2.05, 4.69) is 31.0 Å². The summed E-state index contributed by atoms with van der Waals surface area (Å²) in [6.45, 7) is 6.25. The van der Waals surface area contributed by atoms with Gasteiger partial charge < -0.3 is 9.64 Å². The van der Waals surface area contributed by atoms with Gasteiger partial charge in [0.1, 0.15) is 5.75 Å². The van der Waals surface area contributed by atoms with E-state index in [0.29, 0.717) is 25.6 Å². The summed E-state index contributed by atoms with van der Waals surface area (Å²) in [6, 6.07) is 12.1. The van der Waals surface area contributed by atoms with Gasteiger partial charge in [-0.1, -0.05) is 45.2 Å². The zero-order valence-electron chi connectivity index (χ0n) is 17.1. The number of carbonyl (C=O) groups excluding carboxylic acids is 1. The van der Waals surface area contributed by atoms with Crippen LogP contribution in [-0.2, 0) is 17.9 Å². The molecule has 4 nitrogen and oxygen atoms in total. The first kappa shape index (κ1) is 20.4. The molecule has 1 aromatic heterocycles. The van der Waals surface area contributed by atoms with Crippen molar-refractivity contribution in [2.24, 2.45) is 11.8 Å². The highest BCUT2D eigenvalue weighted by Gasteiger charge is 2.26. The molecule has 0 bridgehead atoms. The number of hydrogen-bond acceptors (Lipinski definition) is 3. The average molecular weight is 381 g/mol. The number of nitrogens with zero attached hydrogens (tertiary/aromatic N) is 2. The second kappa shape index (κ2) is 10.3. The van der Waals surface area contributed by atoms with Crippen LogP contribution >= 0.6 is 0 Å². The van der Waals surface area contributed by atoms with Crippen molar-refractivity contribution >= 4 is 5.91 Å². The Hall–Kier alpha value is -2.36. The first-order valence-corrected chi connectivity index (χ1v) is 10.5. The lowest BCUT2D eigenvalue weighted by molar-refractivity contribution is -0.137. The lowest BCUT2D eigenvalue weighted by Gasteiger charge is -2.29. The molecule has 1 saturated carbocycles. The van der Waals surface area contributed by atoms with Crippen LogP contribution in [-0.4, -0.2) is 22.4 Å². The van der Waals surface area contributed by atoms with Crippen molar-refractivity contribution in [3.05, 3.63) is 59.9 Å². The molecule has 1 aliphatic carbocycles. The number of ether oxygens (including phenoxy) is 1. The van der Waals surface area contributed by atoms with Crippen molar-refractivity contribution < 1.29 is 9.53 Å². The molecule has 1 heterocycles. The van der Waals surface area contributed by atoms with E-state index in [0.717, 1.165) is 29.7 Å². The van der Waals surface area contributed by atoms with Gasteiger partial charge in [-0.05, 0) is 54.2 Å². The van der Waals surface area contributed by atoms with Crippen LogP contribution < -0.4 is 4.74 Å². The fourth-order valence-corrected chi connectivity index (χ4v) is 3.70. The Morgan fingerprint density at radius 1 is 1.00 bits per heavy atom. The standard InChI is InChI=1S/C24H32N2O2/c1-19(2)18-28-23-10-8-20(9-11-23)16-26(17-21-12-14-25-15-13-21)24(27)22-6-4-3-5-7-22/h8-15,19,22H,3-7,16-18H2,1-2H3. The van der Waals surface area contributed by atoms with Crippen LogP contribution in [0.2, 0.25) is 0 Å². The molecule has 4 heteroatoms. The molecule has 0 radical (unpaired) electrons. The van der Waals surface area contributed by atoms with Crippen molar-refractivity contribution in [2.75, 3.05) is 6.61 Å². The van der Waals surface area contributed by atoms with Gasteiger partial charge in [0.2, 0.25) is 5.91 Å². The normalized spacial score (nSPS) is 14.8. The SMILES string of the molecule is CC(C)COc1ccc(CN(Cc2ccncc2)C(=O)C2CCCCC2)cc1. The van der Waals surface area contributed by atoms with Gasteiger partial charge in [-0.25, -0.2) is 0 Å². The van der Waals surface area contributed by atoms with Crippen molar-refractivity contribution in [2.45, 2.75) is 59.0 Å². The van der Waals surface area contributed by atoms with Crippen molar-refractivity contribution in [1.29, 1.82) is 0 Å². The lowest BCUT2D eigenvalue weighted by Crippen LogP contribution is -2.36. The lowest BCUT2D eigenvalue weighted by atomic mass is 9.88. The van der Waals surface area contributed by atoms with E-state index in [4.69, 9.17) is 4.74 Å². The third-order valence-corrected chi connectivity index (χ3v) is 5.27. The molecule has 0 N–H and O–H groups in total. The molecule has 28 heavy (non-hydrogen) atoms. The highest BCUT2D eigenvalue weighted by molar-refractivity contribution is 5.79. The number of rotatable bonds is 8. The molecule has 0 saturated heterocycles. The summed E-state index contributed by atoms with van der Waals surface area (Å²) in [7, 11) is 0. The zero-order chi connectivity index (χ0) is 19.8. The van der Waals surface area contributed by atoms with E-state index in [1.165, 1.54) is 19.3 Å². The molecule has 1 aromatic carbocycles. The maximum absolute atomic E-state index is 13.2. The molecule has 0 spiro atoms. The number of benzene rings is 1. The minimum absolute atomic E-state index is 0.171. The van der Waals surface area contributed by atoms with Gasteiger partial charge in [-0.15, -0.1) is 0 Å². The summed E-state index contributed by atoms with van der Waals surface area (Å²) < 4.78 is 5.78. The third-order valence-electron chi connectivity index (χ3n) is 5.27. The van der Waals surface area contributed by atoms with Gasteiger partial charge in [0.25, 0.3) is 0 Å². The largest absolute Gasteiger partial charge is 0.493 e. The Balaban J connectivity index is 1.69. The van der Waals surface area contributed by atoms with Gasteiger partial charge in [-0.3, -0.25) is 9.78 Å². The summed E-state index contributed by atoms with van der Waals surface area (Å²) in [6.07, 6.45) is 9.22. The Bertz CT molecular complexity index is 722. The molecule has 1 fully saturated rings. The van der Waals surface area contributed by atoms with Crippen LogP contribution in [0.15, 0.2) is 48.8 Å². The van der Waals surface area contributed by atoms with E-state index in [1.54, 1.807) is 12.4 Å². The van der Waals surface area contributed by atoms with E-state index in [1.807, 2.05) is 29.2 Å². The summed E-state index contributed by atoms with van der Waals surface area (Å²) in [5.74, 6) is 1.85. The van der Waals surface area contributed by atoms with Crippen LogP contribution in [0.1, 0.15) is 57.1 Å². The fourth-order valence-electron chi connectivity index (χ4n) is 3.70. The van der Waals surface area contributed by atoms with E-state index >= 15 is 0 Å². The maximum atomic E-state index is 13.2. The molecule has 150 valence electrons. The van der Waals surface area contributed by atoms with Crippen LogP contribution in [0.3, 0.4) is 0 Å². The topological polar surface area (TPSA) is 42.4 Å². The molecule has 0 aliphatic heterocycles. The Morgan fingerprint density at radius 3 is 2.21 bits per heavy atom. The predicted octanol–water partition coefficient (Wildman–Crippen LogP) is 5.23. The second-order valence-corrected chi connectivity index (χ2v) is 8.23. The maximum Gasteiger partial charge on any atom is 0.226 e. The summed E-state index contributed by atoms with van der Waals surface area (Å²) in [4.78, 5) is 19.3. The predicted molar refractivity (Wildman–Crippen MR) is 112 cm³/mol. The number of amides is 1. The number of aromatic nitrogens is 1. The molecule has 0 unspecified atom stereocenters. The van der Waals surface area contributed by atoms with Crippen molar-refractivity contribution in [3.63, 3.8) is 0 Å². The first-order valence-electron chi connectivity index (χ1n) is 10.5. The molecule has 2 aromatic rings. The number of carbonyl (C=O) groups is 1. The quantitative estimate of drug-likeness (QED) is 0.630. The van der Waals surface area contributed by atoms with Gasteiger partial charge >= 0.3 is 0 Å². The summed E-state index contributed by atoms with van der Waals surface area (Å²) in [5.41, 5.74) is 2.26. The summed E-state index contributed by atoms with van der Waals surface area (Å²) >= 11 is 0. The summed E-state index contributed by atoms with van der Waals surface area (Å²) in [5, 5.41) is 0. The van der Waals surface area contributed by atoms with Gasteiger partial charge in [-0.2, -0.15) is 0 Å². The molecule has 1 amide bonds. The molecular formula is C24H32N2O2. The minimum Gasteiger partial charge on any atom is -0.493 e. The van der Waals surface area contributed by atoms with E-state index in [9.17, 15) is 4.79 Å². The molecule has 1 aliphatic rings. The van der Waals surface area contributed by atoms with Crippen LogP contribution in [0.25, 0.3) is 0 Å². The van der Waals surface area contributed by atoms with Gasteiger partial charge in [0.15, 0.2) is 0 Å². The second-order valence-electron chi connectivity index (χ2n) is 8.23. The zero-order valence-corrected chi connectivity index (χ0v) is 17.1. The van der Waals surface area contributed by atoms with Gasteiger partial charge in [0, 0.05) is 31.4 Å². The molecule has 0 atom stereocenters.